The normalized spacial score (nSPS) is 16.0. The van der Waals surface area contributed by atoms with Crippen LogP contribution in [0, 0.1) is 0 Å². The zero-order chi connectivity index (χ0) is 26.2. The van der Waals surface area contributed by atoms with Crippen molar-refractivity contribution in [3.05, 3.63) is 115 Å². The molecule has 4 heterocycles. The van der Waals surface area contributed by atoms with E-state index in [-0.39, 0.29) is 30.4 Å². The third kappa shape index (κ3) is 4.17. The van der Waals surface area contributed by atoms with E-state index in [0.717, 1.165) is 15.9 Å². The summed E-state index contributed by atoms with van der Waals surface area (Å²) in [5.41, 5.74) is 6.99. The van der Waals surface area contributed by atoms with Crippen LogP contribution in [0.3, 0.4) is 0 Å². The number of esters is 1. The Labute approximate surface area is 215 Å². The summed E-state index contributed by atoms with van der Waals surface area (Å²) in [4.78, 5) is 34.7. The van der Waals surface area contributed by atoms with Gasteiger partial charge in [0.05, 0.1) is 28.0 Å². The highest BCUT2D eigenvalue weighted by molar-refractivity contribution is 7.95. The first kappa shape index (κ1) is 24.3. The van der Waals surface area contributed by atoms with Gasteiger partial charge in [0, 0.05) is 24.8 Å². The number of carbonyl (C=O) groups is 1. The van der Waals surface area contributed by atoms with Gasteiger partial charge in [-0.25, -0.2) is 13.2 Å². The molecule has 0 bridgehead atoms. The number of pyridine rings is 2. The van der Waals surface area contributed by atoms with Crippen molar-refractivity contribution in [2.75, 3.05) is 7.11 Å². The first-order valence-corrected chi connectivity index (χ1v) is 13.3. The highest BCUT2D eigenvalue weighted by atomic mass is 32.2. The molecular weight excluding hydrogens is 512 g/mol. The number of hydrogen-bond donors (Lipinski definition) is 1. The van der Waals surface area contributed by atoms with Crippen LogP contribution < -0.4 is 20.5 Å². The molecule has 1 aliphatic rings. The number of allylic oxidation sites excluding steroid dienone is 1. The Morgan fingerprint density at radius 3 is 2.38 bits per heavy atom. The molecule has 186 valence electrons. The first-order valence-electron chi connectivity index (χ1n) is 11.0. The van der Waals surface area contributed by atoms with Gasteiger partial charge in [-0.3, -0.25) is 19.3 Å². The van der Waals surface area contributed by atoms with E-state index in [1.54, 1.807) is 60.9 Å². The molecule has 1 atom stereocenters. The van der Waals surface area contributed by atoms with E-state index in [2.05, 4.69) is 9.97 Å². The third-order valence-corrected chi connectivity index (χ3v) is 8.87. The van der Waals surface area contributed by atoms with E-state index < -0.39 is 27.3 Å². The van der Waals surface area contributed by atoms with Crippen LogP contribution in [0.5, 0.6) is 0 Å². The Kier molecular flexibility index (Phi) is 6.32. The van der Waals surface area contributed by atoms with Crippen molar-refractivity contribution in [3.63, 3.8) is 0 Å². The predicted octanol–water partition coefficient (Wildman–Crippen LogP) is 1.21. The molecule has 4 aromatic rings. The number of fused-ring (bicyclic) bond motifs is 1. The Balaban J connectivity index is 1.93. The van der Waals surface area contributed by atoms with Crippen molar-refractivity contribution in [3.8, 4) is 0 Å². The maximum Gasteiger partial charge on any atom is 0.337 e. The molecule has 2 N–H and O–H groups in total. The minimum Gasteiger partial charge on any atom is -0.466 e. The average molecular weight is 533 g/mol. The Morgan fingerprint density at radius 2 is 1.76 bits per heavy atom. The molecule has 5 rings (SSSR count). The lowest BCUT2D eigenvalue weighted by Gasteiger charge is -2.27. The minimum absolute atomic E-state index is 0.0212. The van der Waals surface area contributed by atoms with Gasteiger partial charge in [-0.1, -0.05) is 30.3 Å². The van der Waals surface area contributed by atoms with Crippen LogP contribution in [0.15, 0.2) is 94.0 Å². The number of sulfone groups is 1. The largest absolute Gasteiger partial charge is 0.466 e. The van der Waals surface area contributed by atoms with Gasteiger partial charge in [0.1, 0.15) is 15.4 Å². The zero-order valence-corrected chi connectivity index (χ0v) is 21.1. The minimum atomic E-state index is -4.27. The molecule has 0 spiro atoms. The van der Waals surface area contributed by atoms with Crippen molar-refractivity contribution >= 4 is 44.6 Å². The van der Waals surface area contributed by atoms with Crippen molar-refractivity contribution in [2.45, 2.75) is 10.8 Å². The summed E-state index contributed by atoms with van der Waals surface area (Å²) in [6.45, 7) is 0. The molecule has 1 aromatic carbocycles. The first-order chi connectivity index (χ1) is 17.8. The summed E-state index contributed by atoms with van der Waals surface area (Å²) >= 11 is 1.02. The molecule has 1 aliphatic heterocycles. The van der Waals surface area contributed by atoms with Gasteiger partial charge in [0.2, 0.25) is 9.84 Å². The zero-order valence-electron chi connectivity index (χ0n) is 19.4. The van der Waals surface area contributed by atoms with Gasteiger partial charge in [-0.2, -0.15) is 0 Å². The molecule has 9 nitrogen and oxygen atoms in total. The van der Waals surface area contributed by atoms with Gasteiger partial charge < -0.3 is 10.5 Å². The van der Waals surface area contributed by atoms with Crippen LogP contribution in [0.25, 0.3) is 17.5 Å². The molecule has 0 aliphatic carbocycles. The fraction of sp³-hybridized carbons (Fsp3) is 0.0769. The number of carbonyl (C=O) groups excluding carboxylic acids is 1. The van der Waals surface area contributed by atoms with E-state index in [4.69, 9.17) is 10.5 Å². The lowest BCUT2D eigenvalue weighted by molar-refractivity contribution is -0.134. The number of ether oxygens (including phenoxy) is 1. The molecule has 0 saturated carbocycles. The lowest BCUT2D eigenvalue weighted by Crippen LogP contribution is -2.41. The molecule has 11 heteroatoms. The quantitative estimate of drug-likeness (QED) is 0.379. The van der Waals surface area contributed by atoms with Gasteiger partial charge in [0.25, 0.3) is 5.56 Å². The SMILES string of the molecule is COC(=O)C1=c2s/c(=C\c3cccnc3)c(=O)n2C(N)=C(S(=O)(=O)c2ccccc2)C1c1cccnc1. The lowest BCUT2D eigenvalue weighted by atomic mass is 9.90. The maximum atomic E-state index is 14.0. The Hall–Kier alpha value is -4.35. The second-order valence-corrected chi connectivity index (χ2v) is 11.0. The van der Waals surface area contributed by atoms with Crippen molar-refractivity contribution < 1.29 is 17.9 Å². The van der Waals surface area contributed by atoms with Gasteiger partial charge in [-0.15, -0.1) is 11.3 Å². The smallest absolute Gasteiger partial charge is 0.337 e. The van der Waals surface area contributed by atoms with Crippen LogP contribution in [-0.4, -0.2) is 36.0 Å². The Morgan fingerprint density at radius 1 is 1.05 bits per heavy atom. The number of benzene rings is 1. The standard InChI is InChI=1S/C26H20N4O5S2/c1-35-26(32)21-20(17-8-6-12-29-15-17)22(37(33,34)18-9-3-2-4-10-18)23(27)30-24(31)19(36-25(21)30)13-16-7-5-11-28-14-16/h2-15,20H,27H2,1H3/b19-13-. The summed E-state index contributed by atoms with van der Waals surface area (Å²) in [5, 5.41) is 0. The number of aromatic nitrogens is 3. The van der Waals surface area contributed by atoms with Crippen molar-refractivity contribution in [2.24, 2.45) is 5.73 Å². The highest BCUT2D eigenvalue weighted by Crippen LogP contribution is 2.41. The molecule has 3 aromatic heterocycles. The van der Waals surface area contributed by atoms with Crippen LogP contribution in [0.4, 0.5) is 0 Å². The number of rotatable bonds is 5. The van der Waals surface area contributed by atoms with Crippen LogP contribution in [0.1, 0.15) is 17.0 Å². The second-order valence-electron chi connectivity index (χ2n) is 8.03. The number of hydrogen-bond acceptors (Lipinski definition) is 9. The van der Waals surface area contributed by atoms with E-state index in [1.165, 1.54) is 31.6 Å². The molecular formula is C26H20N4O5S2. The summed E-state index contributed by atoms with van der Waals surface area (Å²) in [6, 6.07) is 14.5. The Bertz CT molecular complexity index is 1810. The highest BCUT2D eigenvalue weighted by Gasteiger charge is 2.42. The molecule has 0 saturated heterocycles. The number of thiazole rings is 1. The molecule has 0 radical (unpaired) electrons. The maximum absolute atomic E-state index is 14.0. The van der Waals surface area contributed by atoms with Crippen LogP contribution in [0.2, 0.25) is 0 Å². The van der Waals surface area contributed by atoms with E-state index in [9.17, 15) is 18.0 Å². The number of methoxy groups -OCH3 is 1. The fourth-order valence-corrected chi connectivity index (χ4v) is 7.07. The number of nitrogens with zero attached hydrogens (tertiary/aromatic N) is 3. The summed E-state index contributed by atoms with van der Waals surface area (Å²) in [5.74, 6) is -2.23. The van der Waals surface area contributed by atoms with E-state index in [1.807, 2.05) is 0 Å². The third-order valence-electron chi connectivity index (χ3n) is 5.85. The predicted molar refractivity (Wildman–Crippen MR) is 139 cm³/mol. The molecule has 0 fully saturated rings. The van der Waals surface area contributed by atoms with E-state index in [0.29, 0.717) is 11.1 Å². The van der Waals surface area contributed by atoms with Gasteiger partial charge >= 0.3 is 5.97 Å². The monoisotopic (exact) mass is 532 g/mol. The summed E-state index contributed by atoms with van der Waals surface area (Å²) < 4.78 is 34.6. The average Bonchev–Trinajstić information content (AvgIpc) is 3.25. The second kappa shape index (κ2) is 9.60. The van der Waals surface area contributed by atoms with E-state index >= 15 is 0 Å². The fourth-order valence-electron chi connectivity index (χ4n) is 4.21. The molecule has 0 amide bonds. The molecule has 1 unspecified atom stereocenters. The van der Waals surface area contributed by atoms with Gasteiger partial charge in [0.15, 0.2) is 0 Å². The van der Waals surface area contributed by atoms with Gasteiger partial charge in [-0.05, 0) is 41.5 Å². The number of nitrogens with two attached hydrogens (primary N) is 1. The molecule has 37 heavy (non-hydrogen) atoms. The van der Waals surface area contributed by atoms with Crippen molar-refractivity contribution in [1.82, 2.24) is 14.5 Å². The topological polar surface area (TPSA) is 134 Å². The van der Waals surface area contributed by atoms with Crippen LogP contribution in [-0.2, 0) is 19.4 Å². The van der Waals surface area contributed by atoms with Crippen molar-refractivity contribution in [1.29, 1.82) is 0 Å². The summed E-state index contributed by atoms with van der Waals surface area (Å²) in [7, 11) is -3.07. The van der Waals surface area contributed by atoms with Crippen LogP contribution >= 0.6 is 11.3 Å². The summed E-state index contributed by atoms with van der Waals surface area (Å²) in [6.07, 6.45) is 7.79.